The van der Waals surface area contributed by atoms with E-state index in [2.05, 4.69) is 25.1 Å². The SMILES string of the molecule is Cc1ccc([C@@H](O)Cn2nnc(Cn3cnc4c(c3=O)N(C)C(=O)C(F)(F)O4)n2)cc1. The number of tetrazole rings is 1. The van der Waals surface area contributed by atoms with Crippen molar-refractivity contribution in [3.05, 3.63) is 57.9 Å². The smallest absolute Gasteiger partial charge is 0.405 e. The number of ether oxygens (including phenoxy) is 1. The third-order valence-corrected chi connectivity index (χ3v) is 4.70. The van der Waals surface area contributed by atoms with E-state index < -0.39 is 35.2 Å². The van der Waals surface area contributed by atoms with E-state index in [1.54, 1.807) is 12.1 Å². The molecule has 1 aliphatic heterocycles. The Labute approximate surface area is 173 Å². The number of carbonyl (C=O) groups excluding carboxylic acids is 1. The summed E-state index contributed by atoms with van der Waals surface area (Å²) < 4.78 is 32.4. The van der Waals surface area contributed by atoms with Gasteiger partial charge in [-0.05, 0) is 17.7 Å². The summed E-state index contributed by atoms with van der Waals surface area (Å²) in [6.45, 7) is 1.79. The van der Waals surface area contributed by atoms with Crippen LogP contribution in [-0.2, 0) is 17.9 Å². The Balaban J connectivity index is 1.52. The largest absolute Gasteiger partial charge is 0.484 e. The molecule has 31 heavy (non-hydrogen) atoms. The van der Waals surface area contributed by atoms with Gasteiger partial charge in [0.1, 0.15) is 12.4 Å². The van der Waals surface area contributed by atoms with Crippen LogP contribution in [0.4, 0.5) is 14.5 Å². The minimum atomic E-state index is -4.10. The normalized spacial score (nSPS) is 16.0. The number of aromatic nitrogens is 6. The molecule has 0 saturated carbocycles. The number of hydrogen-bond acceptors (Lipinski definition) is 8. The van der Waals surface area contributed by atoms with Gasteiger partial charge >= 0.3 is 12.0 Å². The van der Waals surface area contributed by atoms with E-state index in [1.165, 1.54) is 4.80 Å². The summed E-state index contributed by atoms with van der Waals surface area (Å²) in [4.78, 5) is 29.7. The Hall–Kier alpha value is -3.74. The van der Waals surface area contributed by atoms with Gasteiger partial charge in [0, 0.05) is 7.05 Å². The van der Waals surface area contributed by atoms with Crippen LogP contribution in [0.5, 0.6) is 5.88 Å². The molecule has 4 rings (SSSR count). The Morgan fingerprint density at radius 1 is 1.23 bits per heavy atom. The molecular formula is C18H17F2N7O4. The number of fused-ring (bicyclic) bond motifs is 1. The number of aryl methyl sites for hydroxylation is 1. The maximum atomic E-state index is 13.5. The lowest BCUT2D eigenvalue weighted by molar-refractivity contribution is -0.193. The third-order valence-electron chi connectivity index (χ3n) is 4.70. The van der Waals surface area contributed by atoms with Gasteiger partial charge in [-0.25, -0.2) is 4.98 Å². The molecule has 162 valence electrons. The van der Waals surface area contributed by atoms with E-state index >= 15 is 0 Å². The predicted molar refractivity (Wildman–Crippen MR) is 101 cm³/mol. The number of rotatable bonds is 5. The molecule has 1 amide bonds. The lowest BCUT2D eigenvalue weighted by Crippen LogP contribution is -2.51. The van der Waals surface area contributed by atoms with Crippen molar-refractivity contribution in [1.29, 1.82) is 0 Å². The molecule has 1 aliphatic rings. The van der Waals surface area contributed by atoms with E-state index in [9.17, 15) is 23.5 Å². The van der Waals surface area contributed by atoms with Crippen molar-refractivity contribution in [2.45, 2.75) is 32.2 Å². The first-order valence-corrected chi connectivity index (χ1v) is 9.11. The molecule has 13 heteroatoms. The van der Waals surface area contributed by atoms with Gasteiger partial charge in [0.05, 0.1) is 13.1 Å². The average molecular weight is 433 g/mol. The Morgan fingerprint density at radius 2 is 1.94 bits per heavy atom. The maximum absolute atomic E-state index is 13.5. The van der Waals surface area contributed by atoms with Crippen LogP contribution >= 0.6 is 0 Å². The molecule has 0 saturated heterocycles. The number of amides is 1. The zero-order valence-electron chi connectivity index (χ0n) is 16.4. The lowest BCUT2D eigenvalue weighted by Gasteiger charge is -2.29. The molecule has 0 radical (unpaired) electrons. The van der Waals surface area contributed by atoms with Crippen LogP contribution < -0.4 is 15.2 Å². The van der Waals surface area contributed by atoms with Gasteiger partial charge in [0.25, 0.3) is 11.4 Å². The van der Waals surface area contributed by atoms with E-state index in [1.807, 2.05) is 19.1 Å². The van der Waals surface area contributed by atoms with E-state index in [0.29, 0.717) is 10.5 Å². The van der Waals surface area contributed by atoms with Crippen LogP contribution in [-0.4, -0.2) is 53.9 Å². The molecule has 1 atom stereocenters. The second-order valence-electron chi connectivity index (χ2n) is 7.00. The summed E-state index contributed by atoms with van der Waals surface area (Å²) >= 11 is 0. The van der Waals surface area contributed by atoms with E-state index in [4.69, 9.17) is 0 Å². The van der Waals surface area contributed by atoms with Crippen molar-refractivity contribution in [1.82, 2.24) is 29.8 Å². The summed E-state index contributed by atoms with van der Waals surface area (Å²) in [5.41, 5.74) is 0.541. The summed E-state index contributed by atoms with van der Waals surface area (Å²) in [5, 5.41) is 22.1. The molecule has 0 unspecified atom stereocenters. The highest BCUT2D eigenvalue weighted by Crippen LogP contribution is 2.33. The first kappa shape index (κ1) is 20.5. The molecule has 0 bridgehead atoms. The summed E-state index contributed by atoms with van der Waals surface area (Å²) in [6.07, 6.45) is -3.98. The van der Waals surface area contributed by atoms with Gasteiger partial charge in [0.15, 0.2) is 11.5 Å². The molecule has 2 aromatic heterocycles. The standard InChI is InChI=1S/C18H17F2N7O4/c1-10-3-5-11(6-4-10)12(28)7-27-23-13(22-24-27)8-26-9-21-15-14(16(26)29)25(2)17(30)18(19,20)31-15/h3-6,9,12,28H,7-8H2,1-2H3/t12-/m0/s1. The highest BCUT2D eigenvalue weighted by atomic mass is 19.3. The molecular weight excluding hydrogens is 416 g/mol. The number of hydrogen-bond donors (Lipinski definition) is 1. The molecule has 1 aromatic carbocycles. The molecule has 0 fully saturated rings. The van der Waals surface area contributed by atoms with Crippen molar-refractivity contribution in [3.63, 3.8) is 0 Å². The van der Waals surface area contributed by atoms with Gasteiger partial charge in [-0.2, -0.15) is 13.6 Å². The van der Waals surface area contributed by atoms with Crippen LogP contribution in [0.2, 0.25) is 0 Å². The average Bonchev–Trinajstić information content (AvgIpc) is 3.15. The topological polar surface area (TPSA) is 128 Å². The van der Waals surface area contributed by atoms with Crippen LogP contribution in [0.25, 0.3) is 0 Å². The summed E-state index contributed by atoms with van der Waals surface area (Å²) in [5.74, 6) is -2.20. The first-order valence-electron chi connectivity index (χ1n) is 9.11. The number of aliphatic hydroxyl groups excluding tert-OH is 1. The molecule has 1 N–H and O–H groups in total. The number of halogens is 2. The van der Waals surface area contributed by atoms with Gasteiger partial charge in [-0.1, -0.05) is 29.8 Å². The summed E-state index contributed by atoms with van der Waals surface area (Å²) in [6, 6.07) is 7.32. The van der Waals surface area contributed by atoms with Crippen molar-refractivity contribution >= 4 is 11.6 Å². The molecule has 3 heterocycles. The van der Waals surface area contributed by atoms with Gasteiger partial charge in [0.2, 0.25) is 0 Å². The Bertz CT molecular complexity index is 1190. The quantitative estimate of drug-likeness (QED) is 0.607. The molecule has 0 spiro atoms. The lowest BCUT2D eigenvalue weighted by atomic mass is 10.1. The second kappa shape index (κ2) is 7.50. The highest BCUT2D eigenvalue weighted by Gasteiger charge is 2.51. The number of likely N-dealkylation sites (N-methyl/N-ethyl adjacent to an activating group) is 1. The number of alkyl halides is 2. The van der Waals surface area contributed by atoms with E-state index in [-0.39, 0.29) is 18.9 Å². The van der Waals surface area contributed by atoms with Gasteiger partial charge in [-0.15, -0.1) is 10.2 Å². The van der Waals surface area contributed by atoms with Gasteiger partial charge < -0.3 is 9.84 Å². The number of aliphatic hydroxyl groups is 1. The monoisotopic (exact) mass is 433 g/mol. The molecule has 0 aliphatic carbocycles. The third kappa shape index (κ3) is 3.86. The number of anilines is 1. The zero-order valence-corrected chi connectivity index (χ0v) is 16.4. The summed E-state index contributed by atoms with van der Waals surface area (Å²) in [7, 11) is 1.03. The predicted octanol–water partition coefficient (Wildman–Crippen LogP) is 0.268. The Morgan fingerprint density at radius 3 is 2.65 bits per heavy atom. The fraction of sp³-hybridized carbons (Fsp3) is 0.333. The first-order chi connectivity index (χ1) is 14.7. The fourth-order valence-electron chi connectivity index (χ4n) is 3.02. The number of benzene rings is 1. The minimum Gasteiger partial charge on any atom is -0.405 e. The van der Waals surface area contributed by atoms with Crippen molar-refractivity contribution in [2.24, 2.45) is 0 Å². The second-order valence-corrected chi connectivity index (χ2v) is 7.00. The van der Waals surface area contributed by atoms with E-state index in [0.717, 1.165) is 23.5 Å². The van der Waals surface area contributed by atoms with Crippen LogP contribution in [0.3, 0.4) is 0 Å². The van der Waals surface area contributed by atoms with Crippen LogP contribution in [0.15, 0.2) is 35.4 Å². The van der Waals surface area contributed by atoms with Crippen molar-refractivity contribution < 1.29 is 23.4 Å². The number of carbonyl (C=O) groups is 1. The molecule has 11 nitrogen and oxygen atoms in total. The Kier molecular flexibility index (Phi) is 4.97. The van der Waals surface area contributed by atoms with Gasteiger partial charge in [-0.3, -0.25) is 19.1 Å². The fourth-order valence-corrected chi connectivity index (χ4v) is 3.02. The minimum absolute atomic E-state index is 0.0353. The van der Waals surface area contributed by atoms with Crippen molar-refractivity contribution in [3.8, 4) is 5.88 Å². The van der Waals surface area contributed by atoms with Crippen LogP contribution in [0.1, 0.15) is 23.1 Å². The maximum Gasteiger partial charge on any atom is 0.484 e. The van der Waals surface area contributed by atoms with Crippen LogP contribution in [0, 0.1) is 6.92 Å². The van der Waals surface area contributed by atoms with Crippen molar-refractivity contribution in [2.75, 3.05) is 11.9 Å². The number of nitrogens with zero attached hydrogens (tertiary/aromatic N) is 7. The highest BCUT2D eigenvalue weighted by molar-refractivity contribution is 5.99. The zero-order chi connectivity index (χ0) is 22.3. The molecule has 3 aromatic rings.